The van der Waals surface area contributed by atoms with Crippen LogP contribution in [0, 0.1) is 6.92 Å². The minimum Gasteiger partial charge on any atom is -0.351 e. The van der Waals surface area contributed by atoms with Gasteiger partial charge < -0.3 is 10.6 Å². The van der Waals surface area contributed by atoms with E-state index in [-0.39, 0.29) is 5.91 Å². The van der Waals surface area contributed by atoms with E-state index in [0.29, 0.717) is 11.8 Å². The van der Waals surface area contributed by atoms with Gasteiger partial charge in [0.1, 0.15) is 0 Å². The van der Waals surface area contributed by atoms with E-state index in [0.717, 1.165) is 25.9 Å². The highest BCUT2D eigenvalue weighted by atomic mass is 32.2. The monoisotopic (exact) mass is 264 g/mol. The van der Waals surface area contributed by atoms with Crippen molar-refractivity contribution in [2.24, 2.45) is 0 Å². The van der Waals surface area contributed by atoms with E-state index in [1.165, 1.54) is 10.5 Å². The molecule has 1 unspecified atom stereocenters. The summed E-state index contributed by atoms with van der Waals surface area (Å²) >= 11 is 1.61. The van der Waals surface area contributed by atoms with E-state index in [1.807, 2.05) is 12.1 Å². The Bertz CT molecular complexity index is 403. The van der Waals surface area contributed by atoms with Gasteiger partial charge in [-0.2, -0.15) is 0 Å². The molecule has 18 heavy (non-hydrogen) atoms. The number of hydrogen-bond acceptors (Lipinski definition) is 3. The zero-order chi connectivity index (χ0) is 12.8. The van der Waals surface area contributed by atoms with Crippen molar-refractivity contribution in [3.05, 3.63) is 29.8 Å². The van der Waals surface area contributed by atoms with Crippen molar-refractivity contribution in [2.45, 2.75) is 30.7 Å². The van der Waals surface area contributed by atoms with Gasteiger partial charge in [0, 0.05) is 17.5 Å². The molecular formula is C14H20N2OS. The van der Waals surface area contributed by atoms with Gasteiger partial charge in [0.15, 0.2) is 0 Å². The first-order valence-electron chi connectivity index (χ1n) is 6.44. The molecule has 3 nitrogen and oxygen atoms in total. The fourth-order valence-corrected chi connectivity index (χ4v) is 2.95. The Morgan fingerprint density at radius 3 is 3.06 bits per heavy atom. The summed E-state index contributed by atoms with van der Waals surface area (Å²) in [4.78, 5) is 13.0. The number of piperidine rings is 1. The minimum atomic E-state index is 0.136. The number of aryl methyl sites for hydroxylation is 1. The van der Waals surface area contributed by atoms with Crippen LogP contribution in [0.5, 0.6) is 0 Å². The maximum atomic E-state index is 11.8. The van der Waals surface area contributed by atoms with E-state index in [1.54, 1.807) is 11.8 Å². The molecule has 1 aromatic carbocycles. The fraction of sp³-hybridized carbons (Fsp3) is 0.500. The average molecular weight is 264 g/mol. The van der Waals surface area contributed by atoms with Crippen LogP contribution in [0.1, 0.15) is 18.4 Å². The van der Waals surface area contributed by atoms with Gasteiger partial charge in [-0.15, -0.1) is 11.8 Å². The number of amides is 1. The number of nitrogens with one attached hydrogen (secondary N) is 2. The highest BCUT2D eigenvalue weighted by Gasteiger charge is 2.15. The van der Waals surface area contributed by atoms with Crippen LogP contribution in [0.15, 0.2) is 29.2 Å². The molecule has 1 aromatic rings. The lowest BCUT2D eigenvalue weighted by Crippen LogP contribution is -2.46. The number of hydrogen-bond donors (Lipinski definition) is 2. The van der Waals surface area contributed by atoms with Gasteiger partial charge in [-0.1, -0.05) is 18.2 Å². The maximum Gasteiger partial charge on any atom is 0.230 e. The van der Waals surface area contributed by atoms with E-state index in [2.05, 4.69) is 29.7 Å². The molecule has 0 spiro atoms. The summed E-state index contributed by atoms with van der Waals surface area (Å²) in [6, 6.07) is 8.48. The Morgan fingerprint density at radius 1 is 1.50 bits per heavy atom. The number of carbonyl (C=O) groups is 1. The van der Waals surface area contributed by atoms with E-state index >= 15 is 0 Å². The van der Waals surface area contributed by atoms with Crippen LogP contribution in [-0.2, 0) is 4.79 Å². The largest absolute Gasteiger partial charge is 0.351 e. The minimum absolute atomic E-state index is 0.136. The molecule has 1 fully saturated rings. The predicted octanol–water partition coefficient (Wildman–Crippen LogP) is 1.96. The van der Waals surface area contributed by atoms with Crippen LogP contribution in [0.2, 0.25) is 0 Å². The van der Waals surface area contributed by atoms with Gasteiger partial charge in [-0.25, -0.2) is 0 Å². The Balaban J connectivity index is 1.76. The number of benzene rings is 1. The number of carbonyl (C=O) groups excluding carboxylic acids is 1. The second-order valence-electron chi connectivity index (χ2n) is 4.66. The Morgan fingerprint density at radius 2 is 2.33 bits per heavy atom. The van der Waals surface area contributed by atoms with Crippen molar-refractivity contribution in [3.63, 3.8) is 0 Å². The van der Waals surface area contributed by atoms with Gasteiger partial charge >= 0.3 is 0 Å². The molecule has 2 rings (SSSR count). The standard InChI is InChI=1S/C14H20N2OS/c1-11-5-2-3-7-13(11)18-10-14(17)16-12-6-4-8-15-9-12/h2-3,5,7,12,15H,4,6,8-10H2,1H3,(H,16,17). The molecule has 1 saturated heterocycles. The van der Waals surface area contributed by atoms with Crippen molar-refractivity contribution in [1.29, 1.82) is 0 Å². The van der Waals surface area contributed by atoms with Crippen molar-refractivity contribution in [2.75, 3.05) is 18.8 Å². The Kier molecular flexibility index (Phi) is 5.08. The molecule has 0 saturated carbocycles. The molecule has 1 atom stereocenters. The van der Waals surface area contributed by atoms with Gasteiger partial charge in [-0.3, -0.25) is 4.79 Å². The molecule has 0 radical (unpaired) electrons. The van der Waals surface area contributed by atoms with Gasteiger partial charge in [0.25, 0.3) is 0 Å². The van der Waals surface area contributed by atoms with Crippen molar-refractivity contribution in [1.82, 2.24) is 10.6 Å². The lowest BCUT2D eigenvalue weighted by atomic mass is 10.1. The van der Waals surface area contributed by atoms with Gasteiger partial charge in [0.05, 0.1) is 5.75 Å². The Labute approximate surface area is 113 Å². The SMILES string of the molecule is Cc1ccccc1SCC(=O)NC1CCCNC1. The number of thioether (sulfide) groups is 1. The summed E-state index contributed by atoms with van der Waals surface area (Å²) in [5.74, 6) is 0.637. The highest BCUT2D eigenvalue weighted by molar-refractivity contribution is 8.00. The molecule has 1 amide bonds. The first kappa shape index (κ1) is 13.4. The topological polar surface area (TPSA) is 41.1 Å². The van der Waals surface area contributed by atoms with Gasteiger partial charge in [0.2, 0.25) is 5.91 Å². The first-order chi connectivity index (χ1) is 8.75. The van der Waals surface area contributed by atoms with E-state index in [9.17, 15) is 4.79 Å². The average Bonchev–Trinajstić information content (AvgIpc) is 2.39. The van der Waals surface area contributed by atoms with Crippen LogP contribution in [-0.4, -0.2) is 30.8 Å². The summed E-state index contributed by atoms with van der Waals surface area (Å²) in [6.45, 7) is 4.05. The maximum absolute atomic E-state index is 11.8. The molecular weight excluding hydrogens is 244 g/mol. The summed E-state index contributed by atoms with van der Waals surface area (Å²) in [5, 5.41) is 6.39. The fourth-order valence-electron chi connectivity index (χ4n) is 2.11. The first-order valence-corrected chi connectivity index (χ1v) is 7.43. The molecule has 2 N–H and O–H groups in total. The molecule has 0 aromatic heterocycles. The summed E-state index contributed by atoms with van der Waals surface area (Å²) < 4.78 is 0. The van der Waals surface area contributed by atoms with Crippen LogP contribution in [0.3, 0.4) is 0 Å². The highest BCUT2D eigenvalue weighted by Crippen LogP contribution is 2.21. The molecule has 4 heteroatoms. The smallest absolute Gasteiger partial charge is 0.230 e. The lowest BCUT2D eigenvalue weighted by Gasteiger charge is -2.23. The van der Waals surface area contributed by atoms with Gasteiger partial charge in [-0.05, 0) is 37.9 Å². The van der Waals surface area contributed by atoms with Crippen LogP contribution in [0.25, 0.3) is 0 Å². The second kappa shape index (κ2) is 6.81. The molecule has 1 aliphatic heterocycles. The molecule has 0 aliphatic carbocycles. The van der Waals surface area contributed by atoms with Crippen LogP contribution >= 0.6 is 11.8 Å². The lowest BCUT2D eigenvalue weighted by molar-refractivity contribution is -0.119. The second-order valence-corrected chi connectivity index (χ2v) is 5.68. The van der Waals surface area contributed by atoms with E-state index < -0.39 is 0 Å². The third-order valence-electron chi connectivity index (χ3n) is 3.11. The molecule has 1 heterocycles. The molecule has 0 bridgehead atoms. The van der Waals surface area contributed by atoms with Crippen molar-refractivity contribution in [3.8, 4) is 0 Å². The zero-order valence-corrected chi connectivity index (χ0v) is 11.6. The third kappa shape index (κ3) is 4.03. The normalized spacial score (nSPS) is 19.5. The Hall–Kier alpha value is -1.00. The molecule has 98 valence electrons. The van der Waals surface area contributed by atoms with Crippen LogP contribution < -0.4 is 10.6 Å². The summed E-state index contributed by atoms with van der Waals surface area (Å²) in [7, 11) is 0. The van der Waals surface area contributed by atoms with E-state index in [4.69, 9.17) is 0 Å². The number of rotatable bonds is 4. The zero-order valence-electron chi connectivity index (χ0n) is 10.7. The summed E-state index contributed by atoms with van der Waals surface area (Å²) in [5.41, 5.74) is 1.23. The van der Waals surface area contributed by atoms with Crippen LogP contribution in [0.4, 0.5) is 0 Å². The van der Waals surface area contributed by atoms with Crippen molar-refractivity contribution >= 4 is 17.7 Å². The molecule has 1 aliphatic rings. The summed E-state index contributed by atoms with van der Waals surface area (Å²) in [6.07, 6.45) is 2.24. The third-order valence-corrected chi connectivity index (χ3v) is 4.29. The quantitative estimate of drug-likeness (QED) is 0.817. The van der Waals surface area contributed by atoms with Crippen molar-refractivity contribution < 1.29 is 4.79 Å². The predicted molar refractivity (Wildman–Crippen MR) is 75.9 cm³/mol.